The Hall–Kier alpha value is -0.840. The molecule has 0 saturated heterocycles. The summed E-state index contributed by atoms with van der Waals surface area (Å²) >= 11 is 2.38. The third kappa shape index (κ3) is 2.54. The van der Waals surface area contributed by atoms with Gasteiger partial charge in [-0.25, -0.2) is 0 Å². The molecule has 1 heterocycles. The summed E-state index contributed by atoms with van der Waals surface area (Å²) in [6, 6.07) is 8.45. The first kappa shape index (κ1) is 12.6. The molecular formula is C14H17IN2. The molecule has 0 radical (unpaired) electrons. The van der Waals surface area contributed by atoms with Gasteiger partial charge in [-0.3, -0.25) is 4.99 Å². The van der Waals surface area contributed by atoms with Crippen LogP contribution >= 0.6 is 22.6 Å². The summed E-state index contributed by atoms with van der Waals surface area (Å²) in [5, 5.41) is 1.27. The Morgan fingerprint density at radius 1 is 1.24 bits per heavy atom. The molecule has 0 bridgehead atoms. The van der Waals surface area contributed by atoms with Gasteiger partial charge in [0.1, 0.15) is 0 Å². The SMILES string of the molecule is Cn1c(I)c(C=NC(C)(C)C)c2ccccc21. The van der Waals surface area contributed by atoms with E-state index in [1.807, 2.05) is 6.21 Å². The second kappa shape index (κ2) is 4.44. The lowest BCUT2D eigenvalue weighted by Gasteiger charge is -2.10. The largest absolute Gasteiger partial charge is 0.339 e. The summed E-state index contributed by atoms with van der Waals surface area (Å²) in [5.41, 5.74) is 2.45. The van der Waals surface area contributed by atoms with Crippen LogP contribution in [-0.2, 0) is 7.05 Å². The first-order valence-corrected chi connectivity index (χ1v) is 6.76. The summed E-state index contributed by atoms with van der Waals surface area (Å²) in [4.78, 5) is 4.61. The first-order valence-electron chi connectivity index (χ1n) is 5.68. The van der Waals surface area contributed by atoms with Gasteiger partial charge in [0.25, 0.3) is 0 Å². The Kier molecular flexibility index (Phi) is 3.30. The van der Waals surface area contributed by atoms with E-state index in [1.165, 1.54) is 20.2 Å². The van der Waals surface area contributed by atoms with E-state index in [2.05, 4.69) is 84.2 Å². The highest BCUT2D eigenvalue weighted by Gasteiger charge is 2.12. The first-order chi connectivity index (χ1) is 7.90. The molecule has 0 aliphatic carbocycles. The predicted octanol–water partition coefficient (Wildman–Crippen LogP) is 4.00. The zero-order valence-corrected chi connectivity index (χ0v) is 12.8. The van der Waals surface area contributed by atoms with Crippen molar-refractivity contribution in [2.24, 2.45) is 12.0 Å². The summed E-state index contributed by atoms with van der Waals surface area (Å²) in [6.07, 6.45) is 2.00. The van der Waals surface area contributed by atoms with Crippen LogP contribution in [0.5, 0.6) is 0 Å². The number of hydrogen-bond donors (Lipinski definition) is 0. The van der Waals surface area contributed by atoms with Crippen molar-refractivity contribution in [3.63, 3.8) is 0 Å². The molecule has 0 saturated carbocycles. The van der Waals surface area contributed by atoms with Crippen molar-refractivity contribution in [3.05, 3.63) is 33.5 Å². The van der Waals surface area contributed by atoms with Crippen LogP contribution in [0.4, 0.5) is 0 Å². The molecule has 2 rings (SSSR count). The summed E-state index contributed by atoms with van der Waals surface area (Å²) < 4.78 is 3.44. The molecule has 1 aromatic heterocycles. The Morgan fingerprint density at radius 2 is 1.88 bits per heavy atom. The number of halogens is 1. The molecule has 1 aromatic carbocycles. The average molecular weight is 340 g/mol. The Balaban J connectivity index is 2.62. The number of aromatic nitrogens is 1. The van der Waals surface area contributed by atoms with Crippen LogP contribution < -0.4 is 0 Å². The maximum Gasteiger partial charge on any atom is 0.0895 e. The highest BCUT2D eigenvalue weighted by Crippen LogP contribution is 2.25. The number of nitrogens with zero attached hydrogens (tertiary/aromatic N) is 2. The number of hydrogen-bond acceptors (Lipinski definition) is 1. The molecule has 17 heavy (non-hydrogen) atoms. The second-order valence-corrected chi connectivity index (χ2v) is 6.23. The van der Waals surface area contributed by atoms with E-state index in [1.54, 1.807) is 0 Å². The van der Waals surface area contributed by atoms with Gasteiger partial charge >= 0.3 is 0 Å². The molecule has 0 aliphatic rings. The van der Waals surface area contributed by atoms with Crippen LogP contribution in [0.25, 0.3) is 10.9 Å². The van der Waals surface area contributed by atoms with Crippen molar-refractivity contribution in [2.45, 2.75) is 26.3 Å². The molecule has 0 amide bonds. The molecule has 0 aliphatic heterocycles. The summed E-state index contributed by atoms with van der Waals surface area (Å²) in [7, 11) is 2.10. The summed E-state index contributed by atoms with van der Waals surface area (Å²) in [6.45, 7) is 6.34. The standard InChI is InChI=1S/C14H17IN2/c1-14(2,3)16-9-11-10-7-5-6-8-12(10)17(4)13(11)15/h5-9H,1-4H3. The number of aliphatic imine (C=N–C) groups is 1. The fourth-order valence-electron chi connectivity index (χ4n) is 1.77. The molecule has 3 heteroatoms. The van der Waals surface area contributed by atoms with Crippen LogP contribution in [0.15, 0.2) is 29.3 Å². The van der Waals surface area contributed by atoms with Crippen molar-refractivity contribution in [2.75, 3.05) is 0 Å². The Bertz CT molecular complexity index is 574. The van der Waals surface area contributed by atoms with E-state index >= 15 is 0 Å². The number of benzene rings is 1. The maximum atomic E-state index is 4.61. The van der Waals surface area contributed by atoms with Crippen LogP contribution in [0, 0.1) is 3.70 Å². The molecule has 0 unspecified atom stereocenters. The van der Waals surface area contributed by atoms with Crippen molar-refractivity contribution < 1.29 is 0 Å². The van der Waals surface area contributed by atoms with E-state index in [0.29, 0.717) is 0 Å². The fourth-order valence-corrected chi connectivity index (χ4v) is 2.46. The zero-order valence-electron chi connectivity index (χ0n) is 10.7. The van der Waals surface area contributed by atoms with Gasteiger partial charge in [0.2, 0.25) is 0 Å². The predicted molar refractivity (Wildman–Crippen MR) is 83.0 cm³/mol. The van der Waals surface area contributed by atoms with E-state index < -0.39 is 0 Å². The maximum absolute atomic E-state index is 4.61. The normalized spacial score (nSPS) is 12.8. The zero-order chi connectivity index (χ0) is 12.6. The van der Waals surface area contributed by atoms with Gasteiger partial charge in [0.05, 0.1) is 9.24 Å². The molecule has 0 N–H and O–H groups in total. The van der Waals surface area contributed by atoms with Crippen LogP contribution in [0.3, 0.4) is 0 Å². The minimum Gasteiger partial charge on any atom is -0.339 e. The fraction of sp³-hybridized carbons (Fsp3) is 0.357. The second-order valence-electron chi connectivity index (χ2n) is 5.21. The van der Waals surface area contributed by atoms with Crippen molar-refractivity contribution in [1.29, 1.82) is 0 Å². The number of fused-ring (bicyclic) bond motifs is 1. The molecule has 2 nitrogen and oxygen atoms in total. The molecule has 0 atom stereocenters. The van der Waals surface area contributed by atoms with Gasteiger partial charge in [-0.05, 0) is 49.4 Å². The van der Waals surface area contributed by atoms with Crippen molar-refractivity contribution >= 4 is 39.7 Å². The van der Waals surface area contributed by atoms with Gasteiger partial charge in [0.15, 0.2) is 0 Å². The minimum atomic E-state index is -0.0278. The van der Waals surface area contributed by atoms with Crippen LogP contribution in [0.1, 0.15) is 26.3 Å². The third-order valence-corrected chi connectivity index (χ3v) is 3.96. The lowest BCUT2D eigenvalue weighted by Crippen LogP contribution is -2.09. The molecule has 0 spiro atoms. The highest BCUT2D eigenvalue weighted by molar-refractivity contribution is 14.1. The lowest BCUT2D eigenvalue weighted by atomic mass is 10.1. The Morgan fingerprint density at radius 3 is 2.53 bits per heavy atom. The smallest absolute Gasteiger partial charge is 0.0895 e. The third-order valence-electron chi connectivity index (χ3n) is 2.65. The van der Waals surface area contributed by atoms with E-state index in [4.69, 9.17) is 0 Å². The van der Waals surface area contributed by atoms with E-state index in [0.717, 1.165) is 0 Å². The average Bonchev–Trinajstić information content (AvgIpc) is 2.49. The molecule has 2 aromatic rings. The van der Waals surface area contributed by atoms with Gasteiger partial charge in [-0.1, -0.05) is 18.2 Å². The van der Waals surface area contributed by atoms with Gasteiger partial charge in [0, 0.05) is 29.7 Å². The molecule has 0 fully saturated rings. The van der Waals surface area contributed by atoms with E-state index in [9.17, 15) is 0 Å². The minimum absolute atomic E-state index is 0.0278. The van der Waals surface area contributed by atoms with Gasteiger partial charge in [-0.2, -0.15) is 0 Å². The van der Waals surface area contributed by atoms with Crippen LogP contribution in [-0.4, -0.2) is 16.3 Å². The van der Waals surface area contributed by atoms with E-state index in [-0.39, 0.29) is 5.54 Å². The Labute approximate surface area is 116 Å². The topological polar surface area (TPSA) is 17.3 Å². The number of aryl methyl sites for hydroxylation is 1. The number of para-hydroxylation sites is 1. The summed E-state index contributed by atoms with van der Waals surface area (Å²) in [5.74, 6) is 0. The van der Waals surface area contributed by atoms with Crippen LogP contribution in [0.2, 0.25) is 0 Å². The van der Waals surface area contributed by atoms with Gasteiger partial charge in [-0.15, -0.1) is 0 Å². The molecular weight excluding hydrogens is 323 g/mol. The quantitative estimate of drug-likeness (QED) is 0.552. The number of rotatable bonds is 1. The highest BCUT2D eigenvalue weighted by atomic mass is 127. The monoisotopic (exact) mass is 340 g/mol. The lowest BCUT2D eigenvalue weighted by molar-refractivity contribution is 0.586. The van der Waals surface area contributed by atoms with Crippen molar-refractivity contribution in [1.82, 2.24) is 4.57 Å². The van der Waals surface area contributed by atoms with Crippen molar-refractivity contribution in [3.8, 4) is 0 Å². The van der Waals surface area contributed by atoms with Gasteiger partial charge < -0.3 is 4.57 Å². The molecule has 90 valence electrons.